The zero-order valence-electron chi connectivity index (χ0n) is 11.3. The first-order chi connectivity index (χ1) is 9.56. The van der Waals surface area contributed by atoms with Crippen LogP contribution in [0.2, 0.25) is 0 Å². The predicted molar refractivity (Wildman–Crippen MR) is 69.7 cm³/mol. The van der Waals surface area contributed by atoms with Gasteiger partial charge in [0.2, 0.25) is 0 Å². The fourth-order valence-corrected chi connectivity index (χ4v) is 1.67. The summed E-state index contributed by atoms with van der Waals surface area (Å²) in [4.78, 5) is 11.6. The highest BCUT2D eigenvalue weighted by atomic mass is 19.1. The molecule has 0 aliphatic carbocycles. The van der Waals surface area contributed by atoms with E-state index in [0.29, 0.717) is 18.1 Å². The number of halogens is 1. The molecular weight excluding hydrogens is 263 g/mol. The number of carbonyl (C=O) groups excluding carboxylic acids is 1. The molecule has 0 saturated carbocycles. The number of amides is 1. The molecule has 106 valence electrons. The number of aryl methyl sites for hydroxylation is 2. The number of ether oxygens (including phenoxy) is 1. The molecule has 0 fully saturated rings. The molecule has 1 N–H and O–H groups in total. The van der Waals surface area contributed by atoms with E-state index in [1.54, 1.807) is 6.92 Å². The highest BCUT2D eigenvalue weighted by molar-refractivity contribution is 5.77. The van der Waals surface area contributed by atoms with E-state index in [0.717, 1.165) is 11.3 Å². The number of hydrogen-bond acceptors (Lipinski definition) is 4. The van der Waals surface area contributed by atoms with Gasteiger partial charge in [0.25, 0.3) is 5.91 Å². The van der Waals surface area contributed by atoms with Crippen molar-refractivity contribution in [2.24, 2.45) is 0 Å². The molecular formula is C14H15FN2O3. The topological polar surface area (TPSA) is 64.4 Å². The maximum atomic E-state index is 12.7. The van der Waals surface area contributed by atoms with Crippen molar-refractivity contribution in [2.45, 2.75) is 20.4 Å². The van der Waals surface area contributed by atoms with Crippen LogP contribution < -0.4 is 10.1 Å². The second-order valence-electron chi connectivity index (χ2n) is 4.32. The van der Waals surface area contributed by atoms with Crippen molar-refractivity contribution in [3.8, 4) is 5.75 Å². The number of aromatic nitrogens is 1. The molecule has 2 aromatic rings. The van der Waals surface area contributed by atoms with Crippen LogP contribution in [0.4, 0.5) is 4.39 Å². The molecule has 1 heterocycles. The molecule has 2 rings (SSSR count). The third kappa shape index (κ3) is 3.57. The summed E-state index contributed by atoms with van der Waals surface area (Å²) in [5, 5.41) is 6.51. The second-order valence-corrected chi connectivity index (χ2v) is 4.32. The van der Waals surface area contributed by atoms with Crippen LogP contribution in [0.3, 0.4) is 0 Å². The summed E-state index contributed by atoms with van der Waals surface area (Å²) in [6.07, 6.45) is 0. The van der Waals surface area contributed by atoms with Gasteiger partial charge in [0.1, 0.15) is 17.3 Å². The van der Waals surface area contributed by atoms with Crippen molar-refractivity contribution in [2.75, 3.05) is 6.61 Å². The lowest BCUT2D eigenvalue weighted by molar-refractivity contribution is -0.123. The van der Waals surface area contributed by atoms with Gasteiger partial charge >= 0.3 is 0 Å². The lowest BCUT2D eigenvalue weighted by Gasteiger charge is -2.07. The Bertz CT molecular complexity index is 573. The van der Waals surface area contributed by atoms with Gasteiger partial charge < -0.3 is 14.6 Å². The Hall–Kier alpha value is -2.37. The second kappa shape index (κ2) is 6.18. The van der Waals surface area contributed by atoms with Gasteiger partial charge in [0, 0.05) is 12.1 Å². The summed E-state index contributed by atoms with van der Waals surface area (Å²) in [6, 6.07) is 5.49. The van der Waals surface area contributed by atoms with Crippen molar-refractivity contribution in [3.05, 3.63) is 47.1 Å². The van der Waals surface area contributed by atoms with E-state index in [1.165, 1.54) is 24.3 Å². The summed E-state index contributed by atoms with van der Waals surface area (Å²) in [7, 11) is 0. The van der Waals surface area contributed by atoms with E-state index in [4.69, 9.17) is 9.26 Å². The minimum absolute atomic E-state index is 0.130. The average molecular weight is 278 g/mol. The monoisotopic (exact) mass is 278 g/mol. The smallest absolute Gasteiger partial charge is 0.258 e. The molecule has 0 saturated heterocycles. The lowest BCUT2D eigenvalue weighted by Crippen LogP contribution is -2.28. The predicted octanol–water partition coefficient (Wildman–Crippen LogP) is 2.13. The van der Waals surface area contributed by atoms with Crippen molar-refractivity contribution in [1.29, 1.82) is 0 Å². The highest BCUT2D eigenvalue weighted by Crippen LogP contribution is 2.12. The van der Waals surface area contributed by atoms with E-state index < -0.39 is 0 Å². The third-order valence-corrected chi connectivity index (χ3v) is 2.83. The van der Waals surface area contributed by atoms with Gasteiger partial charge in [-0.1, -0.05) is 5.16 Å². The maximum Gasteiger partial charge on any atom is 0.258 e. The van der Waals surface area contributed by atoms with E-state index in [2.05, 4.69) is 10.5 Å². The number of nitrogens with zero attached hydrogens (tertiary/aromatic N) is 1. The molecule has 6 heteroatoms. The first kappa shape index (κ1) is 14.0. The molecule has 1 amide bonds. The molecule has 0 radical (unpaired) electrons. The highest BCUT2D eigenvalue weighted by Gasteiger charge is 2.10. The molecule has 0 unspecified atom stereocenters. The van der Waals surface area contributed by atoms with Crippen molar-refractivity contribution >= 4 is 5.91 Å². The van der Waals surface area contributed by atoms with Crippen molar-refractivity contribution in [1.82, 2.24) is 10.5 Å². The molecule has 1 aromatic carbocycles. The zero-order valence-corrected chi connectivity index (χ0v) is 11.3. The first-order valence-electron chi connectivity index (χ1n) is 6.13. The molecule has 20 heavy (non-hydrogen) atoms. The van der Waals surface area contributed by atoms with E-state index in [1.807, 2.05) is 6.92 Å². The van der Waals surface area contributed by atoms with E-state index in [9.17, 15) is 9.18 Å². The number of hydrogen-bond donors (Lipinski definition) is 1. The summed E-state index contributed by atoms with van der Waals surface area (Å²) < 4.78 is 22.9. The minimum atomic E-state index is -0.347. The molecule has 0 atom stereocenters. The quantitative estimate of drug-likeness (QED) is 0.910. The first-order valence-corrected chi connectivity index (χ1v) is 6.13. The number of carbonyl (C=O) groups is 1. The summed E-state index contributed by atoms with van der Waals surface area (Å²) in [5.41, 5.74) is 1.61. The van der Waals surface area contributed by atoms with Gasteiger partial charge in [-0.05, 0) is 38.1 Å². The Morgan fingerprint density at radius 1 is 1.35 bits per heavy atom. The number of benzene rings is 1. The van der Waals surface area contributed by atoms with Crippen LogP contribution in [0, 0.1) is 19.7 Å². The largest absolute Gasteiger partial charge is 0.484 e. The van der Waals surface area contributed by atoms with Gasteiger partial charge in [0.15, 0.2) is 6.61 Å². The van der Waals surface area contributed by atoms with Crippen LogP contribution in [-0.4, -0.2) is 17.7 Å². The van der Waals surface area contributed by atoms with Gasteiger partial charge in [-0.2, -0.15) is 0 Å². The summed E-state index contributed by atoms with van der Waals surface area (Å²) in [5.74, 6) is 0.510. The van der Waals surface area contributed by atoms with Crippen LogP contribution in [0.25, 0.3) is 0 Å². The van der Waals surface area contributed by atoms with Gasteiger partial charge in [-0.25, -0.2) is 4.39 Å². The molecule has 0 bridgehead atoms. The molecule has 0 aliphatic rings. The molecule has 0 aliphatic heterocycles. The van der Waals surface area contributed by atoms with Gasteiger partial charge in [0.05, 0.1) is 5.69 Å². The molecule has 5 nitrogen and oxygen atoms in total. The maximum absolute atomic E-state index is 12.7. The number of nitrogens with one attached hydrogen (secondary N) is 1. The fraction of sp³-hybridized carbons (Fsp3) is 0.286. The van der Waals surface area contributed by atoms with Crippen LogP contribution in [0.15, 0.2) is 28.8 Å². The summed E-state index contributed by atoms with van der Waals surface area (Å²) in [6.45, 7) is 3.81. The summed E-state index contributed by atoms with van der Waals surface area (Å²) >= 11 is 0. The average Bonchev–Trinajstić information content (AvgIpc) is 2.75. The van der Waals surface area contributed by atoms with Crippen molar-refractivity contribution < 1.29 is 18.4 Å². The Balaban J connectivity index is 1.80. The third-order valence-electron chi connectivity index (χ3n) is 2.83. The van der Waals surface area contributed by atoms with Crippen LogP contribution in [-0.2, 0) is 11.3 Å². The Morgan fingerprint density at radius 3 is 2.65 bits per heavy atom. The standard InChI is InChI=1S/C14H15FN2O3/c1-9-13(10(2)20-17-9)7-16-14(18)8-19-12-5-3-11(15)4-6-12/h3-6H,7-8H2,1-2H3,(H,16,18). The minimum Gasteiger partial charge on any atom is -0.484 e. The van der Waals surface area contributed by atoms with E-state index >= 15 is 0 Å². The normalized spacial score (nSPS) is 10.3. The van der Waals surface area contributed by atoms with E-state index in [-0.39, 0.29) is 18.3 Å². The number of rotatable bonds is 5. The Kier molecular flexibility index (Phi) is 4.34. The molecule has 1 aromatic heterocycles. The zero-order chi connectivity index (χ0) is 14.5. The van der Waals surface area contributed by atoms with Gasteiger partial charge in [-0.3, -0.25) is 4.79 Å². The van der Waals surface area contributed by atoms with Crippen LogP contribution >= 0.6 is 0 Å². The SMILES string of the molecule is Cc1noc(C)c1CNC(=O)COc1ccc(F)cc1. The Labute approximate surface area is 115 Å². The lowest BCUT2D eigenvalue weighted by atomic mass is 10.2. The molecule has 0 spiro atoms. The van der Waals surface area contributed by atoms with Crippen LogP contribution in [0.1, 0.15) is 17.0 Å². The Morgan fingerprint density at radius 2 is 2.05 bits per heavy atom. The fourth-order valence-electron chi connectivity index (χ4n) is 1.67. The van der Waals surface area contributed by atoms with Crippen molar-refractivity contribution in [3.63, 3.8) is 0 Å². The van der Waals surface area contributed by atoms with Crippen LogP contribution in [0.5, 0.6) is 5.75 Å². The van der Waals surface area contributed by atoms with Gasteiger partial charge in [-0.15, -0.1) is 0 Å².